The number of hydrogen-bond acceptors (Lipinski definition) is 1. The monoisotopic (exact) mass is 225 g/mol. The summed E-state index contributed by atoms with van der Waals surface area (Å²) in [7, 11) is 0. The molecule has 1 aliphatic rings. The van der Waals surface area contributed by atoms with E-state index in [-0.39, 0.29) is 0 Å². The molecule has 1 rings (SSSR count). The van der Waals surface area contributed by atoms with Crippen molar-refractivity contribution in [3.05, 3.63) is 0 Å². The molecule has 0 bridgehead atoms. The molecule has 0 aromatic rings. The van der Waals surface area contributed by atoms with Crippen molar-refractivity contribution in [3.8, 4) is 0 Å². The first-order chi connectivity index (χ1) is 7.40. The van der Waals surface area contributed by atoms with E-state index in [1.807, 2.05) is 0 Å². The van der Waals surface area contributed by atoms with Crippen LogP contribution in [0.5, 0.6) is 0 Å². The Balaban J connectivity index is 3.07. The first kappa shape index (κ1) is 14.0. The van der Waals surface area contributed by atoms with Crippen LogP contribution < -0.4 is 0 Å². The highest BCUT2D eigenvalue weighted by atomic mass is 15.3. The summed E-state index contributed by atoms with van der Waals surface area (Å²) in [6.45, 7) is 18.0. The molecule has 1 heteroatoms. The van der Waals surface area contributed by atoms with Gasteiger partial charge in [-0.1, -0.05) is 48.5 Å². The van der Waals surface area contributed by atoms with Crippen molar-refractivity contribution >= 4 is 0 Å². The van der Waals surface area contributed by atoms with Crippen molar-refractivity contribution in [2.45, 2.75) is 79.8 Å². The summed E-state index contributed by atoms with van der Waals surface area (Å²) in [5.41, 5.74) is 0.960. The molecule has 16 heavy (non-hydrogen) atoms. The summed E-state index contributed by atoms with van der Waals surface area (Å²) >= 11 is 0. The lowest BCUT2D eigenvalue weighted by Crippen LogP contribution is -2.74. The van der Waals surface area contributed by atoms with Crippen LogP contribution in [0.1, 0.15) is 67.7 Å². The van der Waals surface area contributed by atoms with Gasteiger partial charge in [0, 0.05) is 17.5 Å². The SMILES string of the molecule is CCC1N(CC)C(CC)C1(CC)C(C)(C)C. The fraction of sp³-hybridized carbons (Fsp3) is 1.00. The molecule has 0 spiro atoms. The smallest absolute Gasteiger partial charge is 0.0172 e. The molecule has 0 amide bonds. The Bertz CT molecular complexity index is 214. The standard InChI is InChI=1S/C15H31N/c1-8-12-15(10-3,14(5,6)7)13(9-2)16(12)11-4/h12-13H,8-11H2,1-7H3. The number of hydrogen-bond donors (Lipinski definition) is 0. The van der Waals surface area contributed by atoms with Crippen LogP contribution in [0, 0.1) is 10.8 Å². The Morgan fingerprint density at radius 1 is 0.938 bits per heavy atom. The van der Waals surface area contributed by atoms with Crippen LogP contribution in [0.15, 0.2) is 0 Å². The maximum absolute atomic E-state index is 2.73. The summed E-state index contributed by atoms with van der Waals surface area (Å²) in [6.07, 6.45) is 3.93. The minimum Gasteiger partial charge on any atom is -0.296 e. The van der Waals surface area contributed by atoms with E-state index in [4.69, 9.17) is 0 Å². The molecule has 0 radical (unpaired) electrons. The zero-order valence-corrected chi connectivity index (χ0v) is 12.4. The van der Waals surface area contributed by atoms with Gasteiger partial charge in [-0.25, -0.2) is 0 Å². The lowest BCUT2D eigenvalue weighted by molar-refractivity contribution is -0.198. The first-order valence-electron chi connectivity index (χ1n) is 7.16. The molecule has 0 aromatic heterocycles. The second-order valence-corrected chi connectivity index (χ2v) is 6.32. The van der Waals surface area contributed by atoms with Crippen molar-refractivity contribution in [2.24, 2.45) is 10.8 Å². The van der Waals surface area contributed by atoms with Crippen molar-refractivity contribution in [1.29, 1.82) is 0 Å². The second-order valence-electron chi connectivity index (χ2n) is 6.32. The Hall–Kier alpha value is -0.0400. The number of likely N-dealkylation sites (tertiary alicyclic amines) is 1. The van der Waals surface area contributed by atoms with Gasteiger partial charge in [0.1, 0.15) is 0 Å². The molecule has 1 fully saturated rings. The van der Waals surface area contributed by atoms with Crippen LogP contribution in [-0.2, 0) is 0 Å². The van der Waals surface area contributed by atoms with Crippen LogP contribution in [0.3, 0.4) is 0 Å². The molecule has 0 aliphatic carbocycles. The number of nitrogens with zero attached hydrogens (tertiary/aromatic N) is 1. The highest BCUT2D eigenvalue weighted by Crippen LogP contribution is 2.59. The maximum Gasteiger partial charge on any atom is 0.0172 e. The van der Waals surface area contributed by atoms with E-state index < -0.39 is 0 Å². The molecule has 0 N–H and O–H groups in total. The van der Waals surface area contributed by atoms with Crippen molar-refractivity contribution in [2.75, 3.05) is 6.54 Å². The Morgan fingerprint density at radius 2 is 1.38 bits per heavy atom. The van der Waals surface area contributed by atoms with E-state index in [2.05, 4.69) is 53.4 Å². The highest BCUT2D eigenvalue weighted by molar-refractivity contribution is 5.14. The molecule has 1 heterocycles. The lowest BCUT2D eigenvalue weighted by Gasteiger charge is -2.69. The predicted octanol–water partition coefficient (Wildman–Crippen LogP) is 4.32. The van der Waals surface area contributed by atoms with Gasteiger partial charge in [0.05, 0.1) is 0 Å². The largest absolute Gasteiger partial charge is 0.296 e. The van der Waals surface area contributed by atoms with Gasteiger partial charge in [-0.3, -0.25) is 4.90 Å². The third-order valence-corrected chi connectivity index (χ3v) is 5.11. The van der Waals surface area contributed by atoms with Gasteiger partial charge < -0.3 is 0 Å². The summed E-state index contributed by atoms with van der Waals surface area (Å²) in [4.78, 5) is 2.73. The van der Waals surface area contributed by atoms with E-state index in [0.29, 0.717) is 10.8 Å². The zero-order chi connectivity index (χ0) is 12.6. The van der Waals surface area contributed by atoms with Gasteiger partial charge in [0.25, 0.3) is 0 Å². The van der Waals surface area contributed by atoms with E-state index >= 15 is 0 Å². The average molecular weight is 225 g/mol. The van der Waals surface area contributed by atoms with Gasteiger partial charge in [-0.2, -0.15) is 0 Å². The fourth-order valence-electron chi connectivity index (χ4n) is 4.59. The zero-order valence-electron chi connectivity index (χ0n) is 12.4. The predicted molar refractivity (Wildman–Crippen MR) is 72.7 cm³/mol. The molecule has 0 saturated carbocycles. The van der Waals surface area contributed by atoms with Crippen LogP contribution in [0.4, 0.5) is 0 Å². The average Bonchev–Trinajstić information content (AvgIpc) is 2.17. The molecule has 2 unspecified atom stereocenters. The van der Waals surface area contributed by atoms with Crippen LogP contribution in [0.25, 0.3) is 0 Å². The van der Waals surface area contributed by atoms with Crippen molar-refractivity contribution in [3.63, 3.8) is 0 Å². The number of rotatable bonds is 4. The van der Waals surface area contributed by atoms with E-state index in [1.54, 1.807) is 0 Å². The summed E-state index contributed by atoms with van der Waals surface area (Å²) in [5.74, 6) is 0. The maximum atomic E-state index is 2.73. The molecule has 1 aliphatic heterocycles. The minimum absolute atomic E-state index is 0.425. The van der Waals surface area contributed by atoms with E-state index in [9.17, 15) is 0 Å². The second kappa shape index (κ2) is 4.68. The summed E-state index contributed by atoms with van der Waals surface area (Å²) in [6, 6.07) is 1.60. The molecular weight excluding hydrogens is 194 g/mol. The first-order valence-corrected chi connectivity index (χ1v) is 7.16. The van der Waals surface area contributed by atoms with E-state index in [0.717, 1.165) is 12.1 Å². The van der Waals surface area contributed by atoms with Gasteiger partial charge in [0.15, 0.2) is 0 Å². The van der Waals surface area contributed by atoms with Crippen molar-refractivity contribution < 1.29 is 0 Å². The Morgan fingerprint density at radius 3 is 1.56 bits per heavy atom. The van der Waals surface area contributed by atoms with Crippen molar-refractivity contribution in [1.82, 2.24) is 4.90 Å². The highest BCUT2D eigenvalue weighted by Gasteiger charge is 2.61. The topological polar surface area (TPSA) is 3.24 Å². The molecule has 1 nitrogen and oxygen atoms in total. The quantitative estimate of drug-likeness (QED) is 0.688. The van der Waals surface area contributed by atoms with E-state index in [1.165, 1.54) is 25.8 Å². The molecule has 96 valence electrons. The van der Waals surface area contributed by atoms with Crippen LogP contribution in [-0.4, -0.2) is 23.5 Å². The van der Waals surface area contributed by atoms with Crippen LogP contribution >= 0.6 is 0 Å². The molecule has 0 aromatic carbocycles. The minimum atomic E-state index is 0.425. The Labute approximate surface area is 103 Å². The van der Waals surface area contributed by atoms with Gasteiger partial charge >= 0.3 is 0 Å². The Kier molecular flexibility index (Phi) is 4.10. The molecule has 2 atom stereocenters. The van der Waals surface area contributed by atoms with Gasteiger partial charge in [-0.05, 0) is 31.2 Å². The van der Waals surface area contributed by atoms with Gasteiger partial charge in [-0.15, -0.1) is 0 Å². The normalized spacial score (nSPS) is 36.2. The molecule has 1 saturated heterocycles. The summed E-state index contributed by atoms with van der Waals surface area (Å²) in [5, 5.41) is 0. The summed E-state index contributed by atoms with van der Waals surface area (Å²) < 4.78 is 0. The lowest BCUT2D eigenvalue weighted by atomic mass is 9.50. The third-order valence-electron chi connectivity index (χ3n) is 5.11. The van der Waals surface area contributed by atoms with Crippen LogP contribution in [0.2, 0.25) is 0 Å². The third kappa shape index (κ3) is 1.63. The fourth-order valence-corrected chi connectivity index (χ4v) is 4.59. The van der Waals surface area contributed by atoms with Gasteiger partial charge in [0.2, 0.25) is 0 Å². The molecular formula is C15H31N.